The van der Waals surface area contributed by atoms with Crippen LogP contribution < -0.4 is 4.90 Å². The molecule has 3 rings (SSSR count). The van der Waals surface area contributed by atoms with Crippen LogP contribution in [0.25, 0.3) is 6.08 Å². The summed E-state index contributed by atoms with van der Waals surface area (Å²) in [6, 6.07) is 12.9. The van der Waals surface area contributed by atoms with Crippen molar-refractivity contribution in [1.82, 2.24) is 0 Å². The molecule has 0 bridgehead atoms. The van der Waals surface area contributed by atoms with Gasteiger partial charge >= 0.3 is 6.18 Å². The van der Waals surface area contributed by atoms with E-state index in [4.69, 9.17) is 15.3 Å². The normalized spacial score (nSPS) is 21.9. The summed E-state index contributed by atoms with van der Waals surface area (Å²) < 4.78 is 47.2. The van der Waals surface area contributed by atoms with Crippen LogP contribution in [0.1, 0.15) is 39.2 Å². The van der Waals surface area contributed by atoms with E-state index in [1.807, 2.05) is 61.5 Å². The number of allylic oxidation sites excluding steroid dienone is 8. The molecule has 1 aliphatic heterocycles. The maximum absolute atomic E-state index is 14.0. The molecule has 1 aromatic carbocycles. The average molecular weight is 531 g/mol. The van der Waals surface area contributed by atoms with Crippen LogP contribution in [0.4, 0.5) is 18.9 Å². The molecule has 1 heterocycles. The Labute approximate surface area is 227 Å². The zero-order chi connectivity index (χ0) is 29.0. The first-order chi connectivity index (χ1) is 18.2. The number of anilines is 1. The minimum atomic E-state index is -4.89. The molecule has 1 aromatic rings. The molecule has 1 aliphatic carbocycles. The van der Waals surface area contributed by atoms with Crippen LogP contribution in [0.3, 0.4) is 0 Å². The molecule has 0 saturated heterocycles. The Hall–Kier alpha value is -4.48. The van der Waals surface area contributed by atoms with E-state index in [1.165, 1.54) is 24.3 Å². The smallest absolute Gasteiger partial charge is 0.432 e. The largest absolute Gasteiger partial charge is 0.470 e. The van der Waals surface area contributed by atoms with Gasteiger partial charge < -0.3 is 9.64 Å². The summed E-state index contributed by atoms with van der Waals surface area (Å²) in [6.45, 7) is 5.04. The molecule has 0 amide bonds. The minimum Gasteiger partial charge on any atom is -0.470 e. The number of halogens is 3. The lowest BCUT2D eigenvalue weighted by Crippen LogP contribution is -2.43. The summed E-state index contributed by atoms with van der Waals surface area (Å²) in [5.41, 5.74) is -0.404. The van der Waals surface area contributed by atoms with Crippen LogP contribution in [0, 0.1) is 39.4 Å². The van der Waals surface area contributed by atoms with E-state index < -0.39 is 34.3 Å². The van der Waals surface area contributed by atoms with E-state index >= 15 is 0 Å². The third-order valence-corrected chi connectivity index (χ3v) is 6.63. The third-order valence-electron chi connectivity index (χ3n) is 6.63. The molecule has 0 radical (unpaired) electrons. The van der Waals surface area contributed by atoms with Gasteiger partial charge in [-0.1, -0.05) is 62.4 Å². The van der Waals surface area contributed by atoms with E-state index in [-0.39, 0.29) is 5.41 Å². The zero-order valence-electron chi connectivity index (χ0n) is 22.5. The Morgan fingerprint density at radius 3 is 2.15 bits per heavy atom. The van der Waals surface area contributed by atoms with Gasteiger partial charge in [0.2, 0.25) is 5.60 Å². The van der Waals surface area contributed by atoms with Crippen molar-refractivity contribution in [2.75, 3.05) is 19.0 Å². The second-order valence-electron chi connectivity index (χ2n) is 10.6. The van der Waals surface area contributed by atoms with Crippen LogP contribution in [0.2, 0.25) is 0 Å². The highest BCUT2D eigenvalue weighted by Crippen LogP contribution is 2.49. The monoisotopic (exact) mass is 530 g/mol. The predicted octanol–water partition coefficient (Wildman–Crippen LogP) is 7.47. The molecule has 39 heavy (non-hydrogen) atoms. The number of benzene rings is 1. The number of hydrogen-bond donors (Lipinski definition) is 0. The molecule has 0 aromatic heterocycles. The quantitative estimate of drug-likeness (QED) is 0.369. The summed E-state index contributed by atoms with van der Waals surface area (Å²) >= 11 is 0. The van der Waals surface area contributed by atoms with Crippen LogP contribution in [0.5, 0.6) is 0 Å². The Morgan fingerprint density at radius 2 is 1.62 bits per heavy atom. The van der Waals surface area contributed by atoms with E-state index in [0.29, 0.717) is 6.42 Å². The van der Waals surface area contributed by atoms with Gasteiger partial charge in [-0.05, 0) is 54.0 Å². The fourth-order valence-corrected chi connectivity index (χ4v) is 4.61. The lowest BCUT2D eigenvalue weighted by Gasteiger charge is -2.30. The van der Waals surface area contributed by atoms with Crippen LogP contribution in [0.15, 0.2) is 88.3 Å². The number of alkyl halides is 3. The standard InChI is InChI=1S/C31H29F3N4O/c1-29(2)16-22(15-23(17-29)10-9-21-11-13-25(14-12-21)38(4)5)7-6-8-27-26(20-37)28(24(18-35)19-36)39-30(27,3)31(32,33)34/h6-15H,16-17H2,1-5H3/b8-6+,10-9+,22-7-. The van der Waals surface area contributed by atoms with Crippen molar-refractivity contribution in [3.8, 4) is 18.2 Å². The van der Waals surface area contributed by atoms with Crippen molar-refractivity contribution in [1.29, 1.82) is 15.8 Å². The van der Waals surface area contributed by atoms with Crippen molar-refractivity contribution in [3.63, 3.8) is 0 Å². The van der Waals surface area contributed by atoms with Crippen molar-refractivity contribution in [2.45, 2.75) is 45.4 Å². The van der Waals surface area contributed by atoms with Crippen molar-refractivity contribution >= 4 is 11.8 Å². The SMILES string of the molecule is CN(C)c1ccc(/C=C/C2=CC(=C/C=C/C3=C(C#N)C(=C(C#N)C#N)OC3(C)C(F)(F)F)/CC(C)(C)C2)cc1. The van der Waals surface area contributed by atoms with Gasteiger partial charge in [-0.2, -0.15) is 29.0 Å². The van der Waals surface area contributed by atoms with Gasteiger partial charge in [-0.3, -0.25) is 0 Å². The van der Waals surface area contributed by atoms with Gasteiger partial charge in [0.25, 0.3) is 0 Å². The summed E-state index contributed by atoms with van der Waals surface area (Å²) in [4.78, 5) is 2.03. The minimum absolute atomic E-state index is 0.0681. The molecule has 0 fully saturated rings. The lowest BCUT2D eigenvalue weighted by atomic mass is 9.75. The second-order valence-corrected chi connectivity index (χ2v) is 10.6. The van der Waals surface area contributed by atoms with Crippen LogP contribution in [-0.2, 0) is 4.74 Å². The second kappa shape index (κ2) is 11.1. The fraction of sp³-hybridized carbons (Fsp3) is 0.323. The number of rotatable bonds is 5. The highest BCUT2D eigenvalue weighted by molar-refractivity contribution is 5.61. The van der Waals surface area contributed by atoms with Crippen molar-refractivity contribution in [2.24, 2.45) is 5.41 Å². The highest BCUT2D eigenvalue weighted by atomic mass is 19.4. The lowest BCUT2D eigenvalue weighted by molar-refractivity contribution is -0.236. The van der Waals surface area contributed by atoms with Crippen LogP contribution >= 0.6 is 0 Å². The molecule has 8 heteroatoms. The molecule has 0 saturated carbocycles. The number of nitrogens with zero attached hydrogens (tertiary/aromatic N) is 4. The van der Waals surface area contributed by atoms with Gasteiger partial charge in [-0.25, -0.2) is 0 Å². The van der Waals surface area contributed by atoms with Crippen molar-refractivity contribution in [3.05, 3.63) is 93.8 Å². The predicted molar refractivity (Wildman–Crippen MR) is 145 cm³/mol. The highest BCUT2D eigenvalue weighted by Gasteiger charge is 2.60. The molecule has 1 atom stereocenters. The van der Waals surface area contributed by atoms with E-state index in [9.17, 15) is 18.4 Å². The van der Waals surface area contributed by atoms with E-state index in [0.717, 1.165) is 35.7 Å². The summed E-state index contributed by atoms with van der Waals surface area (Å²) in [5.74, 6) is -0.653. The molecular formula is C31H29F3N4O. The Bertz CT molecular complexity index is 1430. The Kier molecular flexibility index (Phi) is 8.27. The molecule has 5 nitrogen and oxygen atoms in total. The molecule has 2 aliphatic rings. The first-order valence-electron chi connectivity index (χ1n) is 12.2. The first kappa shape index (κ1) is 29.1. The summed E-state index contributed by atoms with van der Waals surface area (Å²) in [6.07, 6.45) is 7.10. The number of hydrogen-bond acceptors (Lipinski definition) is 5. The zero-order valence-corrected chi connectivity index (χ0v) is 22.5. The first-order valence-corrected chi connectivity index (χ1v) is 12.2. The number of ether oxygens (including phenoxy) is 1. The Balaban J connectivity index is 1.98. The van der Waals surface area contributed by atoms with Gasteiger partial charge in [-0.15, -0.1) is 0 Å². The van der Waals surface area contributed by atoms with E-state index in [1.54, 1.807) is 12.1 Å². The average Bonchev–Trinajstić information content (AvgIpc) is 3.15. The fourth-order valence-electron chi connectivity index (χ4n) is 4.61. The van der Waals surface area contributed by atoms with Crippen molar-refractivity contribution < 1.29 is 17.9 Å². The molecule has 200 valence electrons. The summed E-state index contributed by atoms with van der Waals surface area (Å²) in [5, 5.41) is 27.9. The molecule has 0 N–H and O–H groups in total. The van der Waals surface area contributed by atoms with Gasteiger partial charge in [0, 0.05) is 25.4 Å². The molecule has 0 spiro atoms. The maximum Gasteiger partial charge on any atom is 0.432 e. The molecular weight excluding hydrogens is 501 g/mol. The van der Waals surface area contributed by atoms with Gasteiger partial charge in [0.1, 0.15) is 23.8 Å². The third kappa shape index (κ3) is 6.33. The molecule has 1 unspecified atom stereocenters. The van der Waals surface area contributed by atoms with Gasteiger partial charge in [0.05, 0.1) is 0 Å². The summed E-state index contributed by atoms with van der Waals surface area (Å²) in [7, 11) is 3.96. The van der Waals surface area contributed by atoms with Crippen LogP contribution in [-0.4, -0.2) is 25.9 Å². The number of nitriles is 3. The Morgan fingerprint density at radius 1 is 0.974 bits per heavy atom. The topological polar surface area (TPSA) is 83.8 Å². The van der Waals surface area contributed by atoms with E-state index in [2.05, 4.69) is 13.8 Å². The van der Waals surface area contributed by atoms with Gasteiger partial charge in [0.15, 0.2) is 11.3 Å². The maximum atomic E-state index is 14.0.